The van der Waals surface area contributed by atoms with Crippen LogP contribution in [0.2, 0.25) is 0 Å². The van der Waals surface area contributed by atoms with Gasteiger partial charge in [-0.05, 0) is 74.6 Å². The Kier molecular flexibility index (Phi) is 11.4. The molecule has 1 saturated carbocycles. The van der Waals surface area contributed by atoms with Crippen molar-refractivity contribution in [2.45, 2.75) is 82.8 Å². The number of nitro groups is 1. The quantitative estimate of drug-likeness (QED) is 0.186. The van der Waals surface area contributed by atoms with Gasteiger partial charge in [0.25, 0.3) is 15.7 Å². The number of ether oxygens (including phenoxy) is 1. The van der Waals surface area contributed by atoms with Gasteiger partial charge in [0.1, 0.15) is 18.3 Å². The van der Waals surface area contributed by atoms with E-state index in [2.05, 4.69) is 5.32 Å². The third-order valence-corrected chi connectivity index (χ3v) is 10.3. The number of hydrogen-bond acceptors (Lipinski definition) is 7. The van der Waals surface area contributed by atoms with E-state index in [0.717, 1.165) is 53.6 Å². The smallest absolute Gasteiger partial charge is 0.273 e. The van der Waals surface area contributed by atoms with Crippen molar-refractivity contribution in [3.63, 3.8) is 0 Å². The van der Waals surface area contributed by atoms with Crippen LogP contribution in [-0.2, 0) is 26.2 Å². The molecule has 0 saturated heterocycles. The van der Waals surface area contributed by atoms with Crippen molar-refractivity contribution in [1.29, 1.82) is 0 Å². The zero-order valence-electron chi connectivity index (χ0n) is 26.8. The second-order valence-corrected chi connectivity index (χ2v) is 13.5. The van der Waals surface area contributed by atoms with Crippen molar-refractivity contribution < 1.29 is 27.7 Å². The number of methoxy groups -OCH3 is 1. The minimum absolute atomic E-state index is 0.0271. The summed E-state index contributed by atoms with van der Waals surface area (Å²) in [6.45, 7) is 4.71. The molecule has 1 N–H and O–H groups in total. The largest absolute Gasteiger partial charge is 0.497 e. The van der Waals surface area contributed by atoms with Gasteiger partial charge >= 0.3 is 0 Å². The Morgan fingerprint density at radius 2 is 1.67 bits per heavy atom. The predicted octanol–water partition coefficient (Wildman–Crippen LogP) is 5.67. The number of benzene rings is 3. The van der Waals surface area contributed by atoms with Crippen molar-refractivity contribution in [2.75, 3.05) is 18.0 Å². The van der Waals surface area contributed by atoms with Gasteiger partial charge in [-0.2, -0.15) is 0 Å². The van der Waals surface area contributed by atoms with Gasteiger partial charge in [0.15, 0.2) is 0 Å². The SMILES string of the molecule is CCC(C(=O)NC1CCCCC1)N(Cc1ccccc1C)C(=O)CN(c1ccc(OC)cc1)S(=O)(=O)c1ccc(C)c([N+](=O)[O-])c1. The predicted molar refractivity (Wildman–Crippen MR) is 176 cm³/mol. The van der Waals surface area contributed by atoms with E-state index in [4.69, 9.17) is 4.74 Å². The van der Waals surface area contributed by atoms with Gasteiger partial charge in [-0.25, -0.2) is 8.42 Å². The van der Waals surface area contributed by atoms with Gasteiger partial charge in [-0.1, -0.05) is 56.5 Å². The van der Waals surface area contributed by atoms with E-state index in [0.29, 0.717) is 17.7 Å². The molecule has 0 spiro atoms. The summed E-state index contributed by atoms with van der Waals surface area (Å²) in [6, 6.07) is 16.5. The first kappa shape index (κ1) is 34.4. The lowest BCUT2D eigenvalue weighted by atomic mass is 9.95. The molecule has 1 atom stereocenters. The summed E-state index contributed by atoms with van der Waals surface area (Å²) in [6.07, 6.45) is 5.25. The zero-order valence-corrected chi connectivity index (χ0v) is 27.6. The number of hydrogen-bond donors (Lipinski definition) is 1. The number of rotatable bonds is 13. The van der Waals surface area contributed by atoms with Crippen molar-refractivity contribution in [3.05, 3.63) is 93.5 Å². The Hall–Kier alpha value is -4.45. The minimum Gasteiger partial charge on any atom is -0.497 e. The first-order valence-electron chi connectivity index (χ1n) is 15.5. The van der Waals surface area contributed by atoms with Crippen LogP contribution in [0, 0.1) is 24.0 Å². The number of anilines is 1. The molecule has 3 aromatic rings. The maximum atomic E-state index is 14.4. The Balaban J connectivity index is 1.76. The van der Waals surface area contributed by atoms with E-state index in [1.54, 1.807) is 12.1 Å². The third kappa shape index (κ3) is 8.03. The van der Waals surface area contributed by atoms with Gasteiger partial charge in [0.05, 0.1) is 22.6 Å². The second-order valence-electron chi connectivity index (χ2n) is 11.6. The maximum absolute atomic E-state index is 14.4. The van der Waals surface area contributed by atoms with E-state index >= 15 is 0 Å². The highest BCUT2D eigenvalue weighted by Crippen LogP contribution is 2.30. The Morgan fingerprint density at radius 3 is 2.28 bits per heavy atom. The summed E-state index contributed by atoms with van der Waals surface area (Å²) in [5, 5.41) is 14.8. The average molecular weight is 651 g/mol. The number of nitrogens with one attached hydrogen (secondary N) is 1. The van der Waals surface area contributed by atoms with Crippen LogP contribution in [0.25, 0.3) is 0 Å². The van der Waals surface area contributed by atoms with Crippen molar-refractivity contribution in [2.24, 2.45) is 0 Å². The first-order chi connectivity index (χ1) is 22.0. The van der Waals surface area contributed by atoms with E-state index < -0.39 is 33.4 Å². The zero-order chi connectivity index (χ0) is 33.4. The number of nitro benzene ring substituents is 1. The Labute approximate surface area is 270 Å². The molecule has 0 aliphatic heterocycles. The van der Waals surface area contributed by atoms with E-state index in [-0.39, 0.29) is 34.8 Å². The fraction of sp³-hybridized carbons (Fsp3) is 0.412. The van der Waals surface area contributed by atoms with Crippen LogP contribution in [0.4, 0.5) is 11.4 Å². The summed E-state index contributed by atoms with van der Waals surface area (Å²) in [5.74, 6) is -0.385. The van der Waals surface area contributed by atoms with Crippen LogP contribution in [-0.4, -0.2) is 55.8 Å². The molecule has 2 amide bonds. The molecule has 0 bridgehead atoms. The van der Waals surface area contributed by atoms with Crippen LogP contribution < -0.4 is 14.4 Å². The fourth-order valence-electron chi connectivity index (χ4n) is 5.79. The molecule has 46 heavy (non-hydrogen) atoms. The lowest BCUT2D eigenvalue weighted by molar-refractivity contribution is -0.385. The van der Waals surface area contributed by atoms with E-state index in [1.807, 2.05) is 38.1 Å². The molecule has 1 fully saturated rings. The molecule has 0 heterocycles. The van der Waals surface area contributed by atoms with Gasteiger partial charge in [-0.3, -0.25) is 24.0 Å². The molecule has 4 rings (SSSR count). The third-order valence-electron chi connectivity index (χ3n) is 8.54. The number of aryl methyl sites for hydroxylation is 2. The molecule has 1 aliphatic rings. The number of carbonyl (C=O) groups excluding carboxylic acids is 2. The highest BCUT2D eigenvalue weighted by molar-refractivity contribution is 7.92. The molecular formula is C34H42N4O7S. The van der Waals surface area contributed by atoms with Crippen LogP contribution in [0.15, 0.2) is 71.6 Å². The number of carbonyl (C=O) groups is 2. The number of sulfonamides is 1. The number of nitrogens with zero attached hydrogens (tertiary/aromatic N) is 3. The minimum atomic E-state index is -4.49. The van der Waals surface area contributed by atoms with Crippen LogP contribution >= 0.6 is 0 Å². The molecule has 12 heteroatoms. The summed E-state index contributed by atoms with van der Waals surface area (Å²) < 4.78 is 34.6. The maximum Gasteiger partial charge on any atom is 0.273 e. The molecule has 1 unspecified atom stereocenters. The van der Waals surface area contributed by atoms with Crippen molar-refractivity contribution >= 4 is 33.2 Å². The number of amides is 2. The van der Waals surface area contributed by atoms with Crippen molar-refractivity contribution in [3.8, 4) is 5.75 Å². The van der Waals surface area contributed by atoms with Crippen LogP contribution in [0.1, 0.15) is 62.1 Å². The van der Waals surface area contributed by atoms with Gasteiger partial charge in [0.2, 0.25) is 11.8 Å². The highest BCUT2D eigenvalue weighted by Gasteiger charge is 2.35. The van der Waals surface area contributed by atoms with Gasteiger partial charge in [0, 0.05) is 24.2 Å². The second kappa shape index (κ2) is 15.2. The molecule has 11 nitrogen and oxygen atoms in total. The lowest BCUT2D eigenvalue weighted by Gasteiger charge is -2.34. The summed E-state index contributed by atoms with van der Waals surface area (Å²) in [7, 11) is -3.01. The van der Waals surface area contributed by atoms with Gasteiger partial charge < -0.3 is 15.0 Å². The topological polar surface area (TPSA) is 139 Å². The Morgan fingerprint density at radius 1 is 1.00 bits per heavy atom. The molecule has 0 aromatic heterocycles. The van der Waals surface area contributed by atoms with Crippen molar-refractivity contribution in [1.82, 2.24) is 10.2 Å². The fourth-order valence-corrected chi connectivity index (χ4v) is 7.22. The van der Waals surface area contributed by atoms with E-state index in [1.165, 1.54) is 43.2 Å². The van der Waals surface area contributed by atoms with Crippen LogP contribution in [0.3, 0.4) is 0 Å². The molecular weight excluding hydrogens is 608 g/mol. The molecule has 246 valence electrons. The average Bonchev–Trinajstić information content (AvgIpc) is 3.04. The molecule has 3 aromatic carbocycles. The van der Waals surface area contributed by atoms with Gasteiger partial charge in [-0.15, -0.1) is 0 Å². The monoisotopic (exact) mass is 650 g/mol. The summed E-state index contributed by atoms with van der Waals surface area (Å²) in [4.78, 5) is 40.3. The molecule has 1 aliphatic carbocycles. The highest BCUT2D eigenvalue weighted by atomic mass is 32.2. The first-order valence-corrected chi connectivity index (χ1v) is 17.0. The molecule has 0 radical (unpaired) electrons. The van der Waals surface area contributed by atoms with E-state index in [9.17, 15) is 28.1 Å². The normalized spacial score (nSPS) is 14.3. The summed E-state index contributed by atoms with van der Waals surface area (Å²) in [5.41, 5.74) is 1.86. The Bertz CT molecular complexity index is 1650. The summed E-state index contributed by atoms with van der Waals surface area (Å²) >= 11 is 0. The van der Waals surface area contributed by atoms with Crippen LogP contribution in [0.5, 0.6) is 5.75 Å². The standard InChI is InChI=1S/C34H42N4O7S/c1-5-31(34(40)35-27-13-7-6-8-14-27)36(22-26-12-10-9-11-24(26)2)33(39)23-37(28-16-18-29(45-4)19-17-28)46(43,44)30-20-15-25(3)32(21-30)38(41)42/h9-12,15-21,27,31H,5-8,13-14,22-23H2,1-4H3,(H,35,40). The lowest BCUT2D eigenvalue weighted by Crippen LogP contribution is -2.54.